The summed E-state index contributed by atoms with van der Waals surface area (Å²) in [6.07, 6.45) is -0.0726. The summed E-state index contributed by atoms with van der Waals surface area (Å²) >= 11 is 0.709. The largest absolute Gasteiger partial charge is 0.480 e. The Morgan fingerprint density at radius 2 is 1.94 bits per heavy atom. The highest BCUT2D eigenvalue weighted by Crippen LogP contribution is 2.43. The Kier molecular flexibility index (Phi) is 5.52. The van der Waals surface area contributed by atoms with Gasteiger partial charge < -0.3 is 9.47 Å². The van der Waals surface area contributed by atoms with Crippen LogP contribution in [-0.4, -0.2) is 44.9 Å². The van der Waals surface area contributed by atoms with Crippen LogP contribution >= 0.6 is 11.3 Å². The van der Waals surface area contributed by atoms with E-state index in [-0.39, 0.29) is 27.3 Å². The minimum absolute atomic E-state index is 0.0836. The van der Waals surface area contributed by atoms with E-state index >= 15 is 0 Å². The molecule has 0 bridgehead atoms. The number of methoxy groups -OCH3 is 2. The van der Waals surface area contributed by atoms with Gasteiger partial charge in [0.15, 0.2) is 16.4 Å². The Labute approximate surface area is 178 Å². The highest BCUT2D eigenvalue weighted by atomic mass is 32.1. The van der Waals surface area contributed by atoms with Crippen molar-refractivity contribution in [2.75, 3.05) is 19.5 Å². The van der Waals surface area contributed by atoms with Crippen LogP contribution in [0, 0.1) is 5.92 Å². The van der Waals surface area contributed by atoms with Crippen molar-refractivity contribution in [3.05, 3.63) is 29.8 Å². The van der Waals surface area contributed by atoms with Gasteiger partial charge in [0.05, 0.1) is 24.8 Å². The molecular weight excluding hydrogens is 437 g/mol. The van der Waals surface area contributed by atoms with E-state index in [1.165, 1.54) is 26.5 Å². The Morgan fingerprint density at radius 1 is 1.26 bits per heavy atom. The van der Waals surface area contributed by atoms with Gasteiger partial charge in [-0.3, -0.25) is 14.8 Å². The van der Waals surface area contributed by atoms with Crippen molar-refractivity contribution in [1.29, 1.82) is 0 Å². The van der Waals surface area contributed by atoms with Crippen molar-refractivity contribution in [2.45, 2.75) is 25.6 Å². The van der Waals surface area contributed by atoms with Gasteiger partial charge in [-0.1, -0.05) is 11.3 Å². The Morgan fingerprint density at radius 3 is 2.52 bits per heavy atom. The lowest BCUT2D eigenvalue weighted by Crippen LogP contribution is -2.16. The average molecular weight is 454 g/mol. The molecule has 3 aromatic rings. The number of alkyl halides is 3. The molecule has 13 heteroatoms. The van der Waals surface area contributed by atoms with Crippen molar-refractivity contribution >= 4 is 22.4 Å². The van der Waals surface area contributed by atoms with Crippen LogP contribution in [-0.2, 0) is 12.7 Å². The standard InChI is InChI=1S/C18H17F3N6O3S/c1-29-15-11(16(30-2)23-8-22-15)14(28)26-17-25-13(18(19,20)21)12(31-17)10-5-6-24-27(10)7-9-3-4-9/h5-6,8-9H,3-4,7H2,1-2H3,(H,25,26,28). The number of aromatic nitrogens is 5. The molecule has 164 valence electrons. The van der Waals surface area contributed by atoms with E-state index in [2.05, 4.69) is 25.4 Å². The summed E-state index contributed by atoms with van der Waals surface area (Å²) in [5.74, 6) is -0.563. The minimum Gasteiger partial charge on any atom is -0.480 e. The fourth-order valence-corrected chi connectivity index (χ4v) is 3.98. The molecule has 1 saturated carbocycles. The lowest BCUT2D eigenvalue weighted by atomic mass is 10.2. The number of anilines is 1. The average Bonchev–Trinajstić information content (AvgIpc) is 3.25. The number of halogens is 3. The quantitative estimate of drug-likeness (QED) is 0.583. The first-order valence-electron chi connectivity index (χ1n) is 9.16. The first-order chi connectivity index (χ1) is 14.8. The van der Waals surface area contributed by atoms with Crippen molar-refractivity contribution in [3.8, 4) is 22.3 Å². The second kappa shape index (κ2) is 8.13. The normalized spacial score (nSPS) is 13.8. The molecule has 0 unspecified atom stereocenters. The minimum atomic E-state index is -4.71. The van der Waals surface area contributed by atoms with Crippen LogP contribution in [0.25, 0.3) is 10.6 Å². The number of nitrogens with one attached hydrogen (secondary N) is 1. The van der Waals surface area contributed by atoms with Gasteiger partial charge in [0.25, 0.3) is 5.91 Å². The molecule has 31 heavy (non-hydrogen) atoms. The van der Waals surface area contributed by atoms with Crippen molar-refractivity contribution < 1.29 is 27.4 Å². The van der Waals surface area contributed by atoms with Crippen molar-refractivity contribution in [3.63, 3.8) is 0 Å². The SMILES string of the molecule is COc1ncnc(OC)c1C(=O)Nc1nc(C(F)(F)F)c(-c2ccnn2CC2CC2)s1. The number of ether oxygens (including phenoxy) is 2. The summed E-state index contributed by atoms with van der Waals surface area (Å²) < 4.78 is 52.7. The maximum Gasteiger partial charge on any atom is 0.434 e. The number of carbonyl (C=O) groups excluding carboxylic acids is 1. The second-order valence-electron chi connectivity index (χ2n) is 6.76. The molecule has 1 N–H and O–H groups in total. The highest BCUT2D eigenvalue weighted by Gasteiger charge is 2.39. The Hall–Kier alpha value is -3.22. The van der Waals surface area contributed by atoms with Gasteiger partial charge >= 0.3 is 6.18 Å². The van der Waals surface area contributed by atoms with Crippen LogP contribution in [0.3, 0.4) is 0 Å². The van der Waals surface area contributed by atoms with E-state index in [0.717, 1.165) is 19.2 Å². The zero-order valence-corrected chi connectivity index (χ0v) is 17.3. The third-order valence-electron chi connectivity index (χ3n) is 4.58. The molecule has 3 heterocycles. The Bertz CT molecular complexity index is 1090. The predicted octanol–water partition coefficient (Wildman–Crippen LogP) is 3.49. The smallest absolute Gasteiger partial charge is 0.434 e. The summed E-state index contributed by atoms with van der Waals surface area (Å²) in [7, 11) is 2.59. The summed E-state index contributed by atoms with van der Waals surface area (Å²) in [6, 6.07) is 1.51. The van der Waals surface area contributed by atoms with Gasteiger partial charge in [0.1, 0.15) is 6.33 Å². The Balaban J connectivity index is 1.70. The topological polar surface area (TPSA) is 104 Å². The fourth-order valence-electron chi connectivity index (χ4n) is 2.97. The van der Waals surface area contributed by atoms with E-state index in [1.807, 2.05) is 0 Å². The van der Waals surface area contributed by atoms with Crippen LogP contribution in [0.2, 0.25) is 0 Å². The monoisotopic (exact) mass is 454 g/mol. The molecule has 4 rings (SSSR count). The number of rotatable bonds is 7. The summed E-state index contributed by atoms with van der Waals surface area (Å²) in [4.78, 5) is 24.0. The van der Waals surface area contributed by atoms with Gasteiger partial charge in [-0.15, -0.1) is 0 Å². The molecule has 1 fully saturated rings. The van der Waals surface area contributed by atoms with Gasteiger partial charge in [-0.05, 0) is 24.8 Å². The zero-order chi connectivity index (χ0) is 22.2. The highest BCUT2D eigenvalue weighted by molar-refractivity contribution is 7.19. The molecule has 0 saturated heterocycles. The first-order valence-corrected chi connectivity index (χ1v) is 9.98. The number of thiazole rings is 1. The van der Waals surface area contributed by atoms with E-state index in [4.69, 9.17) is 9.47 Å². The third-order valence-corrected chi connectivity index (χ3v) is 5.58. The molecule has 0 radical (unpaired) electrons. The molecule has 1 aliphatic rings. The molecule has 3 aromatic heterocycles. The van der Waals surface area contributed by atoms with Crippen LogP contribution in [0.4, 0.5) is 18.3 Å². The lowest BCUT2D eigenvalue weighted by molar-refractivity contribution is -0.140. The predicted molar refractivity (Wildman–Crippen MR) is 104 cm³/mol. The first kappa shape index (κ1) is 21.0. The van der Waals surface area contributed by atoms with E-state index in [1.54, 1.807) is 4.68 Å². The summed E-state index contributed by atoms with van der Waals surface area (Å²) in [5, 5.41) is 6.29. The summed E-state index contributed by atoms with van der Waals surface area (Å²) in [5.41, 5.74) is -0.944. The molecule has 1 aliphatic carbocycles. The summed E-state index contributed by atoms with van der Waals surface area (Å²) in [6.45, 7) is 0.537. The van der Waals surface area contributed by atoms with E-state index < -0.39 is 17.8 Å². The van der Waals surface area contributed by atoms with Gasteiger partial charge in [0.2, 0.25) is 11.8 Å². The fraction of sp³-hybridized carbons (Fsp3) is 0.389. The zero-order valence-electron chi connectivity index (χ0n) is 16.4. The van der Waals surface area contributed by atoms with E-state index in [0.29, 0.717) is 29.5 Å². The third kappa shape index (κ3) is 4.31. The van der Waals surface area contributed by atoms with Gasteiger partial charge in [-0.25, -0.2) is 15.0 Å². The van der Waals surface area contributed by atoms with Crippen molar-refractivity contribution in [2.24, 2.45) is 5.92 Å². The number of nitrogens with zero attached hydrogens (tertiary/aromatic N) is 5. The molecule has 0 atom stereocenters. The van der Waals surface area contributed by atoms with Crippen LogP contribution in [0.15, 0.2) is 18.6 Å². The maximum atomic E-state index is 13.7. The number of hydrogen-bond donors (Lipinski definition) is 1. The molecule has 0 aliphatic heterocycles. The number of carbonyl (C=O) groups is 1. The lowest BCUT2D eigenvalue weighted by Gasteiger charge is -2.09. The van der Waals surface area contributed by atoms with Crippen molar-refractivity contribution in [1.82, 2.24) is 24.7 Å². The molecular formula is C18H17F3N6O3S. The van der Waals surface area contributed by atoms with Gasteiger partial charge in [0, 0.05) is 12.7 Å². The number of hydrogen-bond acceptors (Lipinski definition) is 8. The second-order valence-corrected chi connectivity index (χ2v) is 7.76. The molecule has 0 aromatic carbocycles. The van der Waals surface area contributed by atoms with Crippen LogP contribution in [0.5, 0.6) is 11.8 Å². The molecule has 9 nitrogen and oxygen atoms in total. The van der Waals surface area contributed by atoms with Crippen LogP contribution in [0.1, 0.15) is 28.9 Å². The van der Waals surface area contributed by atoms with E-state index in [9.17, 15) is 18.0 Å². The van der Waals surface area contributed by atoms with Crippen LogP contribution < -0.4 is 14.8 Å². The van der Waals surface area contributed by atoms with Gasteiger partial charge in [-0.2, -0.15) is 18.3 Å². The number of amides is 1. The molecule has 1 amide bonds. The maximum absolute atomic E-state index is 13.7. The molecule has 0 spiro atoms.